The average Bonchev–Trinajstić information content (AvgIpc) is 2.99. The lowest BCUT2D eigenvalue weighted by Crippen LogP contribution is -2.54. The Hall–Kier alpha value is -2.62. The van der Waals surface area contributed by atoms with E-state index in [0.717, 1.165) is 5.82 Å². The minimum atomic E-state index is -0.583. The highest BCUT2D eigenvalue weighted by atomic mass is 16.6. The lowest BCUT2D eigenvalue weighted by molar-refractivity contribution is -0.122. The summed E-state index contributed by atoms with van der Waals surface area (Å²) in [6.07, 6.45) is 3.09. The van der Waals surface area contributed by atoms with Crippen molar-refractivity contribution in [3.05, 3.63) is 18.2 Å². The number of rotatable bonds is 3. The molecule has 2 heterocycles. The zero-order chi connectivity index (χ0) is 20.2. The van der Waals surface area contributed by atoms with Gasteiger partial charge in [-0.25, -0.2) is 14.6 Å². The summed E-state index contributed by atoms with van der Waals surface area (Å²) in [6, 6.07) is -0.845. The second kappa shape index (κ2) is 8.38. The lowest BCUT2D eigenvalue weighted by atomic mass is 10.1. The molecular formula is C17H28N6O4. The summed E-state index contributed by atoms with van der Waals surface area (Å²) >= 11 is 0. The molecule has 1 saturated heterocycles. The second-order valence-electron chi connectivity index (χ2n) is 7.44. The Kier molecular flexibility index (Phi) is 6.42. The van der Waals surface area contributed by atoms with Crippen LogP contribution in [0.4, 0.5) is 9.59 Å². The first-order valence-corrected chi connectivity index (χ1v) is 8.81. The van der Waals surface area contributed by atoms with Gasteiger partial charge in [0.05, 0.1) is 12.6 Å². The number of imide groups is 1. The van der Waals surface area contributed by atoms with Gasteiger partial charge in [-0.3, -0.25) is 15.0 Å². The van der Waals surface area contributed by atoms with Crippen LogP contribution in [-0.2, 0) is 16.6 Å². The van der Waals surface area contributed by atoms with E-state index in [9.17, 15) is 14.4 Å². The maximum Gasteiger partial charge on any atom is 0.410 e. The van der Waals surface area contributed by atoms with E-state index in [0.29, 0.717) is 19.6 Å². The third-order valence-corrected chi connectivity index (χ3v) is 4.13. The van der Waals surface area contributed by atoms with E-state index < -0.39 is 23.6 Å². The first kappa shape index (κ1) is 20.7. The van der Waals surface area contributed by atoms with Gasteiger partial charge in [-0.05, 0) is 20.8 Å². The van der Waals surface area contributed by atoms with E-state index in [1.807, 2.05) is 43.5 Å². The molecule has 1 aliphatic heterocycles. The van der Waals surface area contributed by atoms with Crippen LogP contribution in [0, 0.1) is 0 Å². The summed E-state index contributed by atoms with van der Waals surface area (Å²) in [6.45, 7) is 6.70. The number of aromatic nitrogens is 2. The van der Waals surface area contributed by atoms with Crippen molar-refractivity contribution < 1.29 is 19.1 Å². The van der Waals surface area contributed by atoms with Gasteiger partial charge in [0.1, 0.15) is 11.4 Å². The van der Waals surface area contributed by atoms with E-state index in [-0.39, 0.29) is 12.6 Å². The van der Waals surface area contributed by atoms with Crippen molar-refractivity contribution in [1.82, 2.24) is 30.0 Å². The van der Waals surface area contributed by atoms with E-state index in [1.165, 1.54) is 7.05 Å². The zero-order valence-corrected chi connectivity index (χ0v) is 16.5. The maximum absolute atomic E-state index is 12.5. The largest absolute Gasteiger partial charge is 0.444 e. The van der Waals surface area contributed by atoms with Crippen LogP contribution in [0.5, 0.6) is 0 Å². The molecule has 10 heteroatoms. The Morgan fingerprint density at radius 3 is 2.56 bits per heavy atom. The summed E-state index contributed by atoms with van der Waals surface area (Å²) in [7, 11) is 3.30. The first-order valence-electron chi connectivity index (χ1n) is 8.81. The SMILES string of the molecule is CNC(=O)NC(=O)CN1CCN(C(=O)OC(C)(C)C)C[C@@H]1c1nccn1C. The average molecular weight is 380 g/mol. The van der Waals surface area contributed by atoms with Crippen molar-refractivity contribution >= 4 is 18.0 Å². The second-order valence-corrected chi connectivity index (χ2v) is 7.44. The topological polar surface area (TPSA) is 109 Å². The van der Waals surface area contributed by atoms with Crippen molar-refractivity contribution in [3.8, 4) is 0 Å². The molecule has 1 aromatic rings. The maximum atomic E-state index is 12.5. The number of piperazine rings is 1. The van der Waals surface area contributed by atoms with E-state index >= 15 is 0 Å². The Bertz CT molecular complexity index is 696. The quantitative estimate of drug-likeness (QED) is 0.789. The third-order valence-electron chi connectivity index (χ3n) is 4.13. The molecule has 0 aromatic carbocycles. The number of urea groups is 1. The highest BCUT2D eigenvalue weighted by Gasteiger charge is 2.35. The van der Waals surface area contributed by atoms with Crippen LogP contribution in [0.3, 0.4) is 0 Å². The van der Waals surface area contributed by atoms with Crippen LogP contribution in [0.15, 0.2) is 12.4 Å². The monoisotopic (exact) mass is 380 g/mol. The number of nitrogens with one attached hydrogen (secondary N) is 2. The minimum absolute atomic E-state index is 0.0209. The predicted octanol–water partition coefficient (Wildman–Crippen LogP) is 0.470. The fourth-order valence-electron chi connectivity index (χ4n) is 2.86. The summed E-state index contributed by atoms with van der Waals surface area (Å²) in [5.41, 5.74) is -0.583. The molecule has 0 spiro atoms. The van der Waals surface area contributed by atoms with Gasteiger partial charge in [-0.1, -0.05) is 0 Å². The molecule has 0 aliphatic carbocycles. The highest BCUT2D eigenvalue weighted by molar-refractivity contribution is 5.95. The summed E-state index contributed by atoms with van der Waals surface area (Å²) in [5, 5.41) is 4.61. The molecule has 1 aromatic heterocycles. The number of hydrogen-bond donors (Lipinski definition) is 2. The van der Waals surface area contributed by atoms with E-state index in [2.05, 4.69) is 15.6 Å². The molecule has 2 N–H and O–H groups in total. The number of ether oxygens (including phenoxy) is 1. The normalized spacial score (nSPS) is 18.1. The molecule has 27 heavy (non-hydrogen) atoms. The van der Waals surface area contributed by atoms with Crippen LogP contribution in [0.1, 0.15) is 32.6 Å². The number of carbonyl (C=O) groups is 3. The van der Waals surface area contributed by atoms with Crippen LogP contribution in [0.2, 0.25) is 0 Å². The standard InChI is InChI=1S/C17H28N6O4/c1-17(2,3)27-16(26)23-9-8-22(11-13(24)20-15(25)18-4)12(10-23)14-19-6-7-21(14)5/h6-7,12H,8-11H2,1-5H3,(H2,18,20,24,25)/t12-/m1/s1. The van der Waals surface area contributed by atoms with Gasteiger partial charge in [-0.15, -0.1) is 0 Å². The molecule has 0 radical (unpaired) electrons. The van der Waals surface area contributed by atoms with Gasteiger partial charge in [0, 0.05) is 46.1 Å². The fraction of sp³-hybridized carbons (Fsp3) is 0.647. The first-order chi connectivity index (χ1) is 12.6. The van der Waals surface area contributed by atoms with Crippen molar-refractivity contribution in [2.24, 2.45) is 7.05 Å². The molecule has 1 fully saturated rings. The Morgan fingerprint density at radius 1 is 1.30 bits per heavy atom. The highest BCUT2D eigenvalue weighted by Crippen LogP contribution is 2.25. The van der Waals surface area contributed by atoms with Crippen LogP contribution in [0.25, 0.3) is 0 Å². The van der Waals surface area contributed by atoms with Crippen molar-refractivity contribution in [2.75, 3.05) is 33.2 Å². The molecular weight excluding hydrogens is 352 g/mol. The number of hydrogen-bond acceptors (Lipinski definition) is 6. The molecule has 0 saturated carbocycles. The van der Waals surface area contributed by atoms with E-state index in [4.69, 9.17) is 4.74 Å². The summed E-state index contributed by atoms with van der Waals surface area (Å²) in [5.74, 6) is 0.315. The van der Waals surface area contributed by atoms with E-state index in [1.54, 1.807) is 11.1 Å². The van der Waals surface area contributed by atoms with Crippen molar-refractivity contribution in [3.63, 3.8) is 0 Å². The van der Waals surface area contributed by atoms with Gasteiger partial charge in [0.25, 0.3) is 0 Å². The predicted molar refractivity (Wildman–Crippen MR) is 97.9 cm³/mol. The van der Waals surface area contributed by atoms with Crippen LogP contribution in [-0.4, -0.2) is 76.2 Å². The number of carbonyl (C=O) groups excluding carboxylic acids is 3. The fourth-order valence-corrected chi connectivity index (χ4v) is 2.86. The molecule has 0 bridgehead atoms. The van der Waals surface area contributed by atoms with Crippen LogP contribution < -0.4 is 10.6 Å². The molecule has 4 amide bonds. The minimum Gasteiger partial charge on any atom is -0.444 e. The summed E-state index contributed by atoms with van der Waals surface area (Å²) in [4.78, 5) is 43.8. The third kappa shape index (κ3) is 5.68. The molecule has 2 rings (SSSR count). The molecule has 1 aliphatic rings. The lowest BCUT2D eigenvalue weighted by Gasteiger charge is -2.40. The van der Waals surface area contributed by atoms with Gasteiger partial charge >= 0.3 is 12.1 Å². The molecule has 150 valence electrons. The number of nitrogens with zero attached hydrogens (tertiary/aromatic N) is 4. The molecule has 10 nitrogen and oxygen atoms in total. The smallest absolute Gasteiger partial charge is 0.410 e. The van der Waals surface area contributed by atoms with Crippen molar-refractivity contribution in [2.45, 2.75) is 32.4 Å². The van der Waals surface area contributed by atoms with Gasteiger partial charge in [0.2, 0.25) is 5.91 Å². The molecule has 1 atom stereocenters. The van der Waals surface area contributed by atoms with Gasteiger partial charge in [-0.2, -0.15) is 0 Å². The Balaban J connectivity index is 2.14. The number of aryl methyl sites for hydroxylation is 1. The number of imidazole rings is 1. The van der Waals surface area contributed by atoms with Gasteiger partial charge < -0.3 is 19.5 Å². The van der Waals surface area contributed by atoms with Crippen molar-refractivity contribution in [1.29, 1.82) is 0 Å². The zero-order valence-electron chi connectivity index (χ0n) is 16.5. The Labute approximate surface area is 158 Å². The number of amides is 4. The van der Waals surface area contributed by atoms with Crippen LogP contribution >= 0.6 is 0 Å². The molecule has 0 unspecified atom stereocenters. The van der Waals surface area contributed by atoms with Gasteiger partial charge in [0.15, 0.2) is 0 Å². The summed E-state index contributed by atoms with van der Waals surface area (Å²) < 4.78 is 7.32. The Morgan fingerprint density at radius 2 is 2.00 bits per heavy atom.